The third kappa shape index (κ3) is 8.85. The normalized spacial score (nSPS) is 0. The van der Waals surface area contributed by atoms with Crippen molar-refractivity contribution in [3.8, 4) is 0 Å². The molecule has 0 nitrogen and oxygen atoms in total. The van der Waals surface area contributed by atoms with E-state index in [0.717, 1.165) is 0 Å². The van der Waals surface area contributed by atoms with Gasteiger partial charge in [0.25, 0.3) is 0 Å². The van der Waals surface area contributed by atoms with Crippen LogP contribution >= 0.6 is 0 Å². The molecule has 0 saturated heterocycles. The van der Waals surface area contributed by atoms with E-state index in [1.54, 1.807) is 0 Å². The standard InChI is InChI=1S/3Al.Ho. The minimum atomic E-state index is 0. The van der Waals surface area contributed by atoms with Crippen molar-refractivity contribution in [1.29, 1.82) is 0 Å². The van der Waals surface area contributed by atoms with Gasteiger partial charge in [-0.15, -0.1) is 0 Å². The van der Waals surface area contributed by atoms with Crippen LogP contribution in [-0.4, -0.2) is 52.1 Å². The van der Waals surface area contributed by atoms with E-state index in [2.05, 4.69) is 0 Å². The molecule has 0 aromatic heterocycles. The molecule has 0 heterocycles. The maximum Gasteiger partial charge on any atom is 0 e. The zero-order valence-corrected chi connectivity index (χ0v) is 7.43. The Morgan fingerprint density at radius 3 is 0.500 bits per heavy atom. The first-order valence-electron chi connectivity index (χ1n) is 0. The fourth-order valence-corrected chi connectivity index (χ4v) is 0. The van der Waals surface area contributed by atoms with Gasteiger partial charge < -0.3 is 0 Å². The van der Waals surface area contributed by atoms with Crippen molar-refractivity contribution in [2.45, 2.75) is 0 Å². The summed E-state index contributed by atoms with van der Waals surface area (Å²) in [5.74, 6) is 0. The zero-order valence-electron chi connectivity index (χ0n) is 2.03. The SMILES string of the molecule is [Al].[Al].[Al].[Ho]. The molecular weight excluding hydrogens is 246 g/mol. The van der Waals surface area contributed by atoms with Crippen LogP contribution in [-0.2, 0) is 0 Å². The summed E-state index contributed by atoms with van der Waals surface area (Å²) in [5, 5.41) is 0. The fourth-order valence-electron chi connectivity index (χ4n) is 0. The number of hydrogen-bond donors (Lipinski definition) is 0. The minimum Gasteiger partial charge on any atom is 0 e. The monoisotopic (exact) mass is 246 g/mol. The van der Waals surface area contributed by atoms with E-state index in [9.17, 15) is 0 Å². The Balaban J connectivity index is 0. The van der Waals surface area contributed by atoms with Gasteiger partial charge >= 0.3 is 0 Å². The van der Waals surface area contributed by atoms with Crippen LogP contribution in [0.2, 0.25) is 0 Å². The molecule has 0 amide bonds. The maximum absolute atomic E-state index is 0. The Morgan fingerprint density at radius 2 is 0.500 bits per heavy atom. The Bertz CT molecular complexity index is 3.25. The van der Waals surface area contributed by atoms with Crippen LogP contribution in [0.3, 0.4) is 0 Å². The second-order valence-electron chi connectivity index (χ2n) is 0. The first-order valence-corrected chi connectivity index (χ1v) is 0. The van der Waals surface area contributed by atoms with Crippen LogP contribution in [0, 0.1) is 37.7 Å². The first-order chi connectivity index (χ1) is 0. The average molecular weight is 246 g/mol. The minimum absolute atomic E-state index is 0. The Hall–Kier alpha value is 2.86. The average Bonchev–Trinajstić information content (AvgIpc) is 0. The van der Waals surface area contributed by atoms with Gasteiger partial charge in [-0.05, 0) is 0 Å². The van der Waals surface area contributed by atoms with Crippen molar-refractivity contribution in [2.24, 2.45) is 0 Å². The van der Waals surface area contributed by atoms with Crippen LogP contribution < -0.4 is 0 Å². The van der Waals surface area contributed by atoms with Crippen molar-refractivity contribution in [1.82, 2.24) is 0 Å². The van der Waals surface area contributed by atoms with Gasteiger partial charge in [0.2, 0.25) is 0 Å². The summed E-state index contributed by atoms with van der Waals surface area (Å²) in [6.45, 7) is 0. The summed E-state index contributed by atoms with van der Waals surface area (Å²) in [4.78, 5) is 0. The first kappa shape index (κ1) is 28.8. The molecular formula is Al3Ho. The Kier molecular flexibility index (Phi) is 122. The summed E-state index contributed by atoms with van der Waals surface area (Å²) in [6, 6.07) is 0. The van der Waals surface area contributed by atoms with Crippen molar-refractivity contribution >= 4 is 52.1 Å². The molecule has 0 aromatic rings. The molecule has 4 heteroatoms. The Labute approximate surface area is 88.1 Å². The third-order valence-corrected chi connectivity index (χ3v) is 0. The molecule has 0 aromatic carbocycles. The summed E-state index contributed by atoms with van der Waals surface area (Å²) in [6.07, 6.45) is 0. The van der Waals surface area contributed by atoms with Crippen molar-refractivity contribution in [2.75, 3.05) is 0 Å². The Morgan fingerprint density at radius 1 is 0.500 bits per heavy atom. The van der Waals surface area contributed by atoms with Crippen molar-refractivity contribution < 1.29 is 37.7 Å². The topological polar surface area (TPSA) is 0 Å². The number of rotatable bonds is 0. The quantitative estimate of drug-likeness (QED) is 0.474. The maximum atomic E-state index is 0. The second kappa shape index (κ2) is 16.9. The van der Waals surface area contributed by atoms with E-state index in [1.165, 1.54) is 0 Å². The van der Waals surface area contributed by atoms with Gasteiger partial charge in [0, 0.05) is 89.8 Å². The van der Waals surface area contributed by atoms with E-state index >= 15 is 0 Å². The molecule has 0 saturated carbocycles. The zero-order chi connectivity index (χ0) is 0. The molecule has 0 atom stereocenters. The van der Waals surface area contributed by atoms with Gasteiger partial charge in [-0.1, -0.05) is 0 Å². The molecule has 0 aliphatic carbocycles. The number of hydrogen-bond acceptors (Lipinski definition) is 0. The fraction of sp³-hybridized carbons (Fsp3) is 0. The van der Waals surface area contributed by atoms with Gasteiger partial charge in [-0.2, -0.15) is 0 Å². The summed E-state index contributed by atoms with van der Waals surface area (Å²) in [7, 11) is 0. The van der Waals surface area contributed by atoms with Crippen LogP contribution in [0.5, 0.6) is 0 Å². The van der Waals surface area contributed by atoms with E-state index in [1.807, 2.05) is 0 Å². The molecule has 0 rings (SSSR count). The molecule has 0 spiro atoms. The van der Waals surface area contributed by atoms with Crippen molar-refractivity contribution in [3.05, 3.63) is 0 Å². The predicted octanol–water partition coefficient (Wildman–Crippen LogP) is -1.14. The van der Waals surface area contributed by atoms with Crippen LogP contribution in [0.1, 0.15) is 0 Å². The van der Waals surface area contributed by atoms with E-state index in [0.29, 0.717) is 0 Å². The van der Waals surface area contributed by atoms with Gasteiger partial charge in [-0.25, -0.2) is 0 Å². The predicted molar refractivity (Wildman–Crippen MR) is 17.3 cm³/mol. The molecule has 0 unspecified atom stereocenters. The molecule has 0 aliphatic rings. The molecule has 0 fully saturated rings. The third-order valence-electron chi connectivity index (χ3n) is 0. The van der Waals surface area contributed by atoms with Gasteiger partial charge in [0.1, 0.15) is 0 Å². The van der Waals surface area contributed by atoms with Crippen LogP contribution in [0.15, 0.2) is 0 Å². The molecule has 10 radical (unpaired) electrons. The van der Waals surface area contributed by atoms with Crippen molar-refractivity contribution in [3.63, 3.8) is 0 Å². The van der Waals surface area contributed by atoms with E-state index in [-0.39, 0.29) is 89.8 Å². The van der Waals surface area contributed by atoms with Crippen LogP contribution in [0.25, 0.3) is 0 Å². The molecule has 0 aliphatic heterocycles. The summed E-state index contributed by atoms with van der Waals surface area (Å²) < 4.78 is 0. The molecule has 4 heavy (non-hydrogen) atoms. The smallest absolute Gasteiger partial charge is 0 e. The molecule has 0 bridgehead atoms. The van der Waals surface area contributed by atoms with Crippen LogP contribution in [0.4, 0.5) is 0 Å². The molecule has 20 valence electrons. The summed E-state index contributed by atoms with van der Waals surface area (Å²) >= 11 is 0. The van der Waals surface area contributed by atoms with Gasteiger partial charge in [0.05, 0.1) is 0 Å². The second-order valence-corrected chi connectivity index (χ2v) is 0. The van der Waals surface area contributed by atoms with Gasteiger partial charge in [0.15, 0.2) is 0 Å². The van der Waals surface area contributed by atoms with Gasteiger partial charge in [-0.3, -0.25) is 0 Å². The van der Waals surface area contributed by atoms with E-state index < -0.39 is 0 Å². The van der Waals surface area contributed by atoms with E-state index in [4.69, 9.17) is 0 Å². The largest absolute Gasteiger partial charge is 0 e. The summed E-state index contributed by atoms with van der Waals surface area (Å²) in [5.41, 5.74) is 0. The molecule has 0 N–H and O–H groups in total.